The molecular formula is C21H17Cl2F2NO2. The van der Waals surface area contributed by atoms with Crippen molar-refractivity contribution in [1.29, 1.82) is 0 Å². The highest BCUT2D eigenvalue weighted by atomic mass is 35.5. The molecule has 3 aromatic rings. The van der Waals surface area contributed by atoms with Crippen molar-refractivity contribution in [2.45, 2.75) is 13.2 Å². The van der Waals surface area contributed by atoms with Crippen LogP contribution in [0.25, 0.3) is 0 Å². The number of methoxy groups -OCH3 is 1. The smallest absolute Gasteiger partial charge is 0.180 e. The topological polar surface area (TPSA) is 30.5 Å². The Morgan fingerprint density at radius 3 is 2.43 bits per heavy atom. The average molecular weight is 424 g/mol. The zero-order chi connectivity index (χ0) is 20.1. The largest absolute Gasteiger partial charge is 0.493 e. The Balaban J connectivity index is 1.73. The normalized spacial score (nSPS) is 10.6. The number of halogens is 4. The molecule has 0 aliphatic rings. The minimum atomic E-state index is -0.478. The van der Waals surface area contributed by atoms with Gasteiger partial charge in [0.05, 0.1) is 17.2 Å². The number of hydrogen-bond acceptors (Lipinski definition) is 3. The molecule has 0 fully saturated rings. The standard InChI is InChI=1S/C21H17Cl2F2NO2/c1-27-20-9-13(11-26-15-6-7-19(25)16(22)10-15)8-17(23)21(20)28-12-14-4-2-3-5-18(14)24/h2-10,26H,11-12H2,1H3. The summed E-state index contributed by atoms with van der Waals surface area (Å²) in [5.74, 6) is -0.0663. The summed E-state index contributed by atoms with van der Waals surface area (Å²) in [7, 11) is 1.50. The molecule has 28 heavy (non-hydrogen) atoms. The van der Waals surface area contributed by atoms with Crippen LogP contribution in [0, 0.1) is 11.6 Å². The quantitative estimate of drug-likeness (QED) is 0.472. The van der Waals surface area contributed by atoms with Crippen LogP contribution in [0.2, 0.25) is 10.0 Å². The fourth-order valence-corrected chi connectivity index (χ4v) is 3.06. The van der Waals surface area contributed by atoms with E-state index in [9.17, 15) is 8.78 Å². The predicted molar refractivity (Wildman–Crippen MR) is 107 cm³/mol. The Kier molecular flexibility index (Phi) is 6.60. The van der Waals surface area contributed by atoms with Crippen LogP contribution in [0.3, 0.4) is 0 Å². The number of hydrogen-bond donors (Lipinski definition) is 1. The van der Waals surface area contributed by atoms with Crippen molar-refractivity contribution >= 4 is 28.9 Å². The van der Waals surface area contributed by atoms with Gasteiger partial charge in [-0.25, -0.2) is 8.78 Å². The number of ether oxygens (including phenoxy) is 2. The van der Waals surface area contributed by atoms with Crippen LogP contribution >= 0.6 is 23.2 Å². The first-order valence-electron chi connectivity index (χ1n) is 8.39. The summed E-state index contributed by atoms with van der Waals surface area (Å²) in [6.45, 7) is 0.431. The van der Waals surface area contributed by atoms with Crippen molar-refractivity contribution in [3.05, 3.63) is 87.4 Å². The predicted octanol–water partition coefficient (Wildman–Crippen LogP) is 6.47. The maximum Gasteiger partial charge on any atom is 0.180 e. The second-order valence-electron chi connectivity index (χ2n) is 5.97. The lowest BCUT2D eigenvalue weighted by atomic mass is 10.2. The summed E-state index contributed by atoms with van der Waals surface area (Å²) in [5, 5.41) is 3.51. The van der Waals surface area contributed by atoms with E-state index in [2.05, 4.69) is 5.32 Å². The van der Waals surface area contributed by atoms with Gasteiger partial charge in [-0.1, -0.05) is 41.4 Å². The Hall–Kier alpha value is -2.50. The lowest BCUT2D eigenvalue weighted by Crippen LogP contribution is -2.03. The van der Waals surface area contributed by atoms with E-state index in [-0.39, 0.29) is 17.4 Å². The number of benzene rings is 3. The van der Waals surface area contributed by atoms with Crippen LogP contribution in [-0.4, -0.2) is 7.11 Å². The third kappa shape index (κ3) is 4.86. The molecule has 7 heteroatoms. The molecule has 0 aliphatic carbocycles. The van der Waals surface area contributed by atoms with Gasteiger partial charge in [-0.2, -0.15) is 0 Å². The monoisotopic (exact) mass is 423 g/mol. The molecule has 0 saturated heterocycles. The molecule has 0 aliphatic heterocycles. The van der Waals surface area contributed by atoms with Gasteiger partial charge in [-0.15, -0.1) is 0 Å². The first-order valence-corrected chi connectivity index (χ1v) is 9.15. The lowest BCUT2D eigenvalue weighted by Gasteiger charge is -2.15. The molecule has 3 nitrogen and oxygen atoms in total. The second kappa shape index (κ2) is 9.13. The van der Waals surface area contributed by atoms with E-state index in [0.717, 1.165) is 5.56 Å². The van der Waals surface area contributed by atoms with Gasteiger partial charge < -0.3 is 14.8 Å². The van der Waals surface area contributed by atoms with E-state index >= 15 is 0 Å². The summed E-state index contributed by atoms with van der Waals surface area (Å²) in [6.07, 6.45) is 0. The van der Waals surface area contributed by atoms with Gasteiger partial charge in [0, 0.05) is 17.8 Å². The molecule has 3 rings (SSSR count). The van der Waals surface area contributed by atoms with Crippen LogP contribution in [-0.2, 0) is 13.2 Å². The van der Waals surface area contributed by atoms with E-state index in [0.29, 0.717) is 34.3 Å². The fourth-order valence-electron chi connectivity index (χ4n) is 2.59. The third-order valence-electron chi connectivity index (χ3n) is 4.04. The van der Waals surface area contributed by atoms with Crippen molar-refractivity contribution in [3.63, 3.8) is 0 Å². The molecule has 0 bridgehead atoms. The Labute approximate surface area is 171 Å². The van der Waals surface area contributed by atoms with Crippen molar-refractivity contribution < 1.29 is 18.3 Å². The summed E-state index contributed by atoms with van der Waals surface area (Å²) in [5.41, 5.74) is 1.90. The van der Waals surface area contributed by atoms with Crippen LogP contribution in [0.4, 0.5) is 14.5 Å². The zero-order valence-corrected chi connectivity index (χ0v) is 16.5. The van der Waals surface area contributed by atoms with Crippen LogP contribution in [0.15, 0.2) is 54.6 Å². The SMILES string of the molecule is COc1cc(CNc2ccc(F)c(Cl)c2)cc(Cl)c1OCc1ccccc1F. The number of rotatable bonds is 7. The molecule has 0 atom stereocenters. The van der Waals surface area contributed by atoms with Gasteiger partial charge in [0.1, 0.15) is 18.2 Å². The molecule has 0 unspecified atom stereocenters. The second-order valence-corrected chi connectivity index (χ2v) is 6.79. The maximum absolute atomic E-state index is 13.8. The third-order valence-corrected chi connectivity index (χ3v) is 4.61. The molecule has 1 N–H and O–H groups in total. The maximum atomic E-state index is 13.8. The molecule has 146 valence electrons. The van der Waals surface area contributed by atoms with Gasteiger partial charge in [0.25, 0.3) is 0 Å². The summed E-state index contributed by atoms with van der Waals surface area (Å²) >= 11 is 12.1. The molecule has 3 aromatic carbocycles. The van der Waals surface area contributed by atoms with Gasteiger partial charge in [-0.05, 0) is 42.0 Å². The van der Waals surface area contributed by atoms with Crippen molar-refractivity contribution in [2.75, 3.05) is 12.4 Å². The first-order chi connectivity index (χ1) is 13.5. The van der Waals surface area contributed by atoms with Gasteiger partial charge in [0.15, 0.2) is 11.5 Å². The highest BCUT2D eigenvalue weighted by Crippen LogP contribution is 2.37. The zero-order valence-electron chi connectivity index (χ0n) is 14.9. The Bertz CT molecular complexity index is 983. The van der Waals surface area contributed by atoms with Crippen LogP contribution < -0.4 is 14.8 Å². The summed E-state index contributed by atoms with van der Waals surface area (Å²) in [6, 6.07) is 14.2. The molecular weight excluding hydrogens is 407 g/mol. The molecule has 0 amide bonds. The van der Waals surface area contributed by atoms with Crippen molar-refractivity contribution in [1.82, 2.24) is 0 Å². The first kappa shape index (κ1) is 20.2. The number of nitrogens with one attached hydrogen (secondary N) is 1. The lowest BCUT2D eigenvalue weighted by molar-refractivity contribution is 0.280. The van der Waals surface area contributed by atoms with Gasteiger partial charge in [-0.3, -0.25) is 0 Å². The van der Waals surface area contributed by atoms with E-state index in [1.165, 1.54) is 25.3 Å². The van der Waals surface area contributed by atoms with E-state index in [1.54, 1.807) is 36.4 Å². The minimum absolute atomic E-state index is 0.0223. The minimum Gasteiger partial charge on any atom is -0.493 e. The van der Waals surface area contributed by atoms with Gasteiger partial charge in [0.2, 0.25) is 0 Å². The van der Waals surface area contributed by atoms with E-state index in [1.807, 2.05) is 0 Å². The highest BCUT2D eigenvalue weighted by Gasteiger charge is 2.13. The van der Waals surface area contributed by atoms with Crippen LogP contribution in [0.5, 0.6) is 11.5 Å². The van der Waals surface area contributed by atoms with Gasteiger partial charge >= 0.3 is 0 Å². The molecule has 0 aromatic heterocycles. The number of anilines is 1. The highest BCUT2D eigenvalue weighted by molar-refractivity contribution is 6.32. The van der Waals surface area contributed by atoms with Crippen molar-refractivity contribution in [2.24, 2.45) is 0 Å². The molecule has 0 spiro atoms. The summed E-state index contributed by atoms with van der Waals surface area (Å²) < 4.78 is 38.1. The van der Waals surface area contributed by atoms with E-state index < -0.39 is 5.82 Å². The average Bonchev–Trinajstić information content (AvgIpc) is 2.68. The molecule has 0 heterocycles. The fraction of sp³-hybridized carbons (Fsp3) is 0.143. The molecule has 0 radical (unpaired) electrons. The van der Waals surface area contributed by atoms with E-state index in [4.69, 9.17) is 32.7 Å². The van der Waals surface area contributed by atoms with Crippen LogP contribution in [0.1, 0.15) is 11.1 Å². The Morgan fingerprint density at radius 2 is 1.71 bits per heavy atom. The Morgan fingerprint density at radius 1 is 0.929 bits per heavy atom. The van der Waals surface area contributed by atoms with Crippen molar-refractivity contribution in [3.8, 4) is 11.5 Å². The summed E-state index contributed by atoms with van der Waals surface area (Å²) in [4.78, 5) is 0. The molecule has 0 saturated carbocycles.